The first-order valence-corrected chi connectivity index (χ1v) is 10.2. The van der Waals surface area contributed by atoms with Crippen molar-refractivity contribution in [3.63, 3.8) is 0 Å². The van der Waals surface area contributed by atoms with Crippen LogP contribution in [-0.2, 0) is 4.79 Å². The van der Waals surface area contributed by atoms with Gasteiger partial charge < -0.3 is 10.1 Å². The van der Waals surface area contributed by atoms with Crippen LogP contribution in [0.1, 0.15) is 31.9 Å². The number of anilines is 1. The highest BCUT2D eigenvalue weighted by molar-refractivity contribution is 7.76. The van der Waals surface area contributed by atoms with Crippen LogP contribution in [0, 0.1) is 13.8 Å². The number of aryl methyl sites for hydroxylation is 2. The van der Waals surface area contributed by atoms with E-state index in [9.17, 15) is 4.79 Å². The second-order valence-electron chi connectivity index (χ2n) is 5.63. The van der Waals surface area contributed by atoms with Crippen molar-refractivity contribution >= 4 is 18.9 Å². The van der Waals surface area contributed by atoms with Gasteiger partial charge in [0.1, 0.15) is 11.9 Å². The molecular weight excluding hydrogens is 281 g/mol. The number of rotatable bonds is 7. The summed E-state index contributed by atoms with van der Waals surface area (Å²) in [6, 6.07) is 3.93. The van der Waals surface area contributed by atoms with E-state index >= 15 is 0 Å². The lowest BCUT2D eigenvalue weighted by atomic mass is 10.1. The molecule has 0 bridgehead atoms. The van der Waals surface area contributed by atoms with Crippen LogP contribution in [0.25, 0.3) is 0 Å². The Kier molecular flexibility index (Phi) is 6.67. The Morgan fingerprint density at radius 1 is 1.10 bits per heavy atom. The highest BCUT2D eigenvalue weighted by Crippen LogP contribution is 2.57. The fourth-order valence-corrected chi connectivity index (χ4v) is 5.43. The van der Waals surface area contributed by atoms with Crippen molar-refractivity contribution in [2.24, 2.45) is 0 Å². The summed E-state index contributed by atoms with van der Waals surface area (Å²) in [6.45, 7) is 10.7. The molecule has 4 heteroatoms. The molecule has 0 unspecified atom stereocenters. The molecule has 1 amide bonds. The number of carbonyl (C=O) groups excluding carboxylic acids is 1. The number of benzene rings is 1. The van der Waals surface area contributed by atoms with Crippen molar-refractivity contribution in [3.8, 4) is 5.75 Å². The zero-order valence-corrected chi connectivity index (χ0v) is 15.1. The summed E-state index contributed by atoms with van der Waals surface area (Å²) in [5.74, 6) is 0.991. The van der Waals surface area contributed by atoms with Crippen molar-refractivity contribution in [3.05, 3.63) is 23.3 Å². The lowest BCUT2D eigenvalue weighted by Gasteiger charge is -2.23. The molecule has 0 aromatic heterocycles. The first kappa shape index (κ1) is 18.0. The van der Waals surface area contributed by atoms with E-state index in [2.05, 4.69) is 26.1 Å². The molecule has 0 fully saturated rings. The number of amides is 1. The maximum absolute atomic E-state index is 12.4. The summed E-state index contributed by atoms with van der Waals surface area (Å²) in [6.07, 6.45) is 4.14. The molecule has 1 rings (SSSR count). The first-order chi connectivity index (χ1) is 9.91. The fraction of sp³-hybridized carbons (Fsp3) is 0.588. The molecule has 0 saturated heterocycles. The number of hydrogen-bond donors (Lipinski definition) is 1. The van der Waals surface area contributed by atoms with Gasteiger partial charge in [0.05, 0.1) is 25.6 Å². The Morgan fingerprint density at radius 3 is 1.95 bits per heavy atom. The predicted molar refractivity (Wildman–Crippen MR) is 94.5 cm³/mol. The molecule has 0 radical (unpaired) electrons. The van der Waals surface area contributed by atoms with Gasteiger partial charge in [-0.25, -0.2) is 0 Å². The van der Waals surface area contributed by atoms with E-state index in [-0.39, 0.29) is 5.91 Å². The summed E-state index contributed by atoms with van der Waals surface area (Å²) in [5.41, 5.74) is 3.03. The standard InChI is InChI=1S/C17H28NO2P/c1-7-21(8-2,9-3)12-16(19)18-17-13(4)10-15(20-6)11-14(17)5/h10-11H,7-9,12H2,1-6H3/p+1. The van der Waals surface area contributed by atoms with Crippen LogP contribution in [0.3, 0.4) is 0 Å². The summed E-state index contributed by atoms with van der Waals surface area (Å²) >= 11 is 0. The van der Waals surface area contributed by atoms with Crippen molar-refractivity contribution in [2.45, 2.75) is 34.6 Å². The van der Waals surface area contributed by atoms with E-state index in [0.717, 1.165) is 41.0 Å². The van der Waals surface area contributed by atoms with Crippen LogP contribution in [0.5, 0.6) is 5.75 Å². The molecule has 0 aliphatic rings. The third-order valence-electron chi connectivity index (χ3n) is 4.50. The van der Waals surface area contributed by atoms with Gasteiger partial charge in [-0.15, -0.1) is 0 Å². The predicted octanol–water partition coefficient (Wildman–Crippen LogP) is 4.33. The molecule has 1 aromatic rings. The maximum Gasteiger partial charge on any atom is 0.261 e. The minimum absolute atomic E-state index is 0.158. The number of nitrogens with one attached hydrogen (secondary N) is 1. The van der Waals surface area contributed by atoms with Crippen LogP contribution in [0.4, 0.5) is 5.69 Å². The highest BCUT2D eigenvalue weighted by Gasteiger charge is 2.34. The molecule has 21 heavy (non-hydrogen) atoms. The smallest absolute Gasteiger partial charge is 0.261 e. The van der Waals surface area contributed by atoms with Crippen molar-refractivity contribution in [2.75, 3.05) is 37.1 Å². The Hall–Kier alpha value is -1.08. The zero-order chi connectivity index (χ0) is 16.0. The Labute approximate surface area is 129 Å². The third kappa shape index (κ3) is 4.44. The molecule has 0 heterocycles. The van der Waals surface area contributed by atoms with Crippen LogP contribution in [0.2, 0.25) is 0 Å². The van der Waals surface area contributed by atoms with Crippen molar-refractivity contribution < 1.29 is 9.53 Å². The van der Waals surface area contributed by atoms with Gasteiger partial charge in [-0.2, -0.15) is 0 Å². The molecule has 0 atom stereocenters. The second-order valence-corrected chi connectivity index (χ2v) is 10.5. The van der Waals surface area contributed by atoms with Gasteiger partial charge in [0.25, 0.3) is 5.91 Å². The van der Waals surface area contributed by atoms with Gasteiger partial charge in [-0.05, 0) is 57.9 Å². The second kappa shape index (κ2) is 7.79. The van der Waals surface area contributed by atoms with E-state index in [4.69, 9.17) is 4.74 Å². The normalized spacial score (nSPS) is 11.3. The average molecular weight is 310 g/mol. The molecule has 0 saturated carbocycles. The molecule has 0 aliphatic heterocycles. The molecule has 1 aromatic carbocycles. The SMILES string of the molecule is CC[P+](CC)(CC)CC(=O)Nc1c(C)cc(OC)cc1C. The first-order valence-electron chi connectivity index (χ1n) is 7.71. The topological polar surface area (TPSA) is 38.3 Å². The van der Waals surface area contributed by atoms with Gasteiger partial charge in [-0.1, -0.05) is 0 Å². The van der Waals surface area contributed by atoms with Gasteiger partial charge in [0, 0.05) is 12.9 Å². The van der Waals surface area contributed by atoms with Gasteiger partial charge in [-0.3, -0.25) is 4.79 Å². The van der Waals surface area contributed by atoms with E-state index < -0.39 is 7.26 Å². The minimum atomic E-state index is -1.11. The van der Waals surface area contributed by atoms with E-state index in [1.54, 1.807) is 7.11 Å². The number of carbonyl (C=O) groups is 1. The molecule has 1 N–H and O–H groups in total. The van der Waals surface area contributed by atoms with Gasteiger partial charge in [0.15, 0.2) is 0 Å². The summed E-state index contributed by atoms with van der Waals surface area (Å²) < 4.78 is 5.26. The van der Waals surface area contributed by atoms with Gasteiger partial charge >= 0.3 is 0 Å². The summed E-state index contributed by atoms with van der Waals surface area (Å²) in [4.78, 5) is 12.4. The Bertz CT molecular complexity index is 464. The molecule has 0 spiro atoms. The molecule has 3 nitrogen and oxygen atoms in total. The monoisotopic (exact) mass is 310 g/mol. The van der Waals surface area contributed by atoms with E-state index in [0.29, 0.717) is 6.16 Å². The average Bonchev–Trinajstić information content (AvgIpc) is 2.48. The van der Waals surface area contributed by atoms with Crippen LogP contribution in [0.15, 0.2) is 12.1 Å². The summed E-state index contributed by atoms with van der Waals surface area (Å²) in [5, 5.41) is 3.12. The third-order valence-corrected chi connectivity index (χ3v) is 9.48. The summed E-state index contributed by atoms with van der Waals surface area (Å²) in [7, 11) is 0.548. The molecular formula is C17H29NO2P+. The lowest BCUT2D eigenvalue weighted by molar-refractivity contribution is -0.113. The Balaban J connectivity index is 2.89. The van der Waals surface area contributed by atoms with E-state index in [1.165, 1.54) is 0 Å². The minimum Gasteiger partial charge on any atom is -0.497 e. The van der Waals surface area contributed by atoms with Gasteiger partial charge in [0.2, 0.25) is 0 Å². The number of methoxy groups -OCH3 is 1. The van der Waals surface area contributed by atoms with Crippen molar-refractivity contribution in [1.29, 1.82) is 0 Å². The molecule has 0 aliphatic carbocycles. The molecule has 118 valence electrons. The van der Waals surface area contributed by atoms with E-state index in [1.807, 2.05) is 26.0 Å². The highest BCUT2D eigenvalue weighted by atomic mass is 31.2. The van der Waals surface area contributed by atoms with Crippen LogP contribution < -0.4 is 10.1 Å². The maximum atomic E-state index is 12.4. The number of hydrogen-bond acceptors (Lipinski definition) is 2. The largest absolute Gasteiger partial charge is 0.497 e. The van der Waals surface area contributed by atoms with Crippen LogP contribution in [-0.4, -0.2) is 37.7 Å². The lowest BCUT2D eigenvalue weighted by Crippen LogP contribution is -2.22. The zero-order valence-electron chi connectivity index (χ0n) is 14.2. The quantitative estimate of drug-likeness (QED) is 0.761. The van der Waals surface area contributed by atoms with Crippen LogP contribution >= 0.6 is 7.26 Å². The Morgan fingerprint density at radius 2 is 1.57 bits per heavy atom. The van der Waals surface area contributed by atoms with Crippen molar-refractivity contribution in [1.82, 2.24) is 0 Å². The number of ether oxygens (including phenoxy) is 1. The fourth-order valence-electron chi connectivity index (χ4n) is 2.73.